The zero-order valence-corrected chi connectivity index (χ0v) is 10.9. The van der Waals surface area contributed by atoms with E-state index < -0.39 is 17.9 Å². The molecular formula is C15H16FNO3. The number of carboxylic acids is 1. The summed E-state index contributed by atoms with van der Waals surface area (Å²) in [5.74, 6) is -1.44. The van der Waals surface area contributed by atoms with Crippen LogP contribution in [-0.4, -0.2) is 23.0 Å². The van der Waals surface area contributed by atoms with Crippen molar-refractivity contribution in [1.82, 2.24) is 5.32 Å². The number of hydrogen-bond donors (Lipinski definition) is 2. The fourth-order valence-electron chi connectivity index (χ4n) is 1.79. The van der Waals surface area contributed by atoms with Crippen molar-refractivity contribution in [2.75, 3.05) is 0 Å². The summed E-state index contributed by atoms with van der Waals surface area (Å²) in [6.45, 7) is 0. The number of carboxylic acid groups (broad SMARTS) is 1. The highest BCUT2D eigenvalue weighted by Gasteiger charge is 2.21. The monoisotopic (exact) mass is 277 g/mol. The Kier molecular flexibility index (Phi) is 4.50. The van der Waals surface area contributed by atoms with Crippen molar-refractivity contribution in [3.05, 3.63) is 47.8 Å². The standard InChI is InChI=1S/C15H16FNO3/c16-12-6-3-11(4-7-12)9-13(15(19)20)17-14(18)8-5-10-1-2-10/h3-8,10,13H,1-2,9H2,(H,17,18)(H,19,20). The van der Waals surface area contributed by atoms with Crippen LogP contribution in [0.4, 0.5) is 4.39 Å². The van der Waals surface area contributed by atoms with Gasteiger partial charge in [0.1, 0.15) is 11.9 Å². The second-order valence-corrected chi connectivity index (χ2v) is 4.93. The summed E-state index contributed by atoms with van der Waals surface area (Å²) in [5.41, 5.74) is 0.658. The largest absolute Gasteiger partial charge is 0.480 e. The molecule has 20 heavy (non-hydrogen) atoms. The molecule has 4 nitrogen and oxygen atoms in total. The van der Waals surface area contributed by atoms with Gasteiger partial charge in [-0.2, -0.15) is 0 Å². The van der Waals surface area contributed by atoms with E-state index in [1.54, 1.807) is 6.08 Å². The first-order valence-corrected chi connectivity index (χ1v) is 6.50. The third-order valence-corrected chi connectivity index (χ3v) is 3.11. The van der Waals surface area contributed by atoms with E-state index in [9.17, 15) is 14.0 Å². The van der Waals surface area contributed by atoms with Crippen LogP contribution < -0.4 is 5.32 Å². The van der Waals surface area contributed by atoms with Crippen LogP contribution in [-0.2, 0) is 16.0 Å². The number of carbonyl (C=O) groups is 2. The van der Waals surface area contributed by atoms with Crippen molar-refractivity contribution in [3.63, 3.8) is 0 Å². The molecule has 0 radical (unpaired) electrons. The van der Waals surface area contributed by atoms with Gasteiger partial charge in [-0.1, -0.05) is 18.2 Å². The number of halogens is 1. The normalized spacial score (nSPS) is 16.1. The number of carbonyl (C=O) groups excluding carboxylic acids is 1. The molecule has 1 saturated carbocycles. The number of benzene rings is 1. The van der Waals surface area contributed by atoms with Crippen LogP contribution in [0.5, 0.6) is 0 Å². The van der Waals surface area contributed by atoms with E-state index in [1.165, 1.54) is 30.3 Å². The fourth-order valence-corrected chi connectivity index (χ4v) is 1.79. The van der Waals surface area contributed by atoms with Crippen LogP contribution in [0, 0.1) is 11.7 Å². The average molecular weight is 277 g/mol. The third-order valence-electron chi connectivity index (χ3n) is 3.11. The molecule has 0 aliphatic heterocycles. The molecule has 1 amide bonds. The summed E-state index contributed by atoms with van der Waals surface area (Å²) in [4.78, 5) is 22.8. The highest BCUT2D eigenvalue weighted by atomic mass is 19.1. The molecule has 2 rings (SSSR count). The number of aliphatic carboxylic acids is 1. The van der Waals surface area contributed by atoms with E-state index in [4.69, 9.17) is 5.11 Å². The molecule has 1 aliphatic carbocycles. The van der Waals surface area contributed by atoms with Gasteiger partial charge >= 0.3 is 5.97 Å². The molecular weight excluding hydrogens is 261 g/mol. The van der Waals surface area contributed by atoms with Crippen LogP contribution >= 0.6 is 0 Å². The second-order valence-electron chi connectivity index (χ2n) is 4.93. The van der Waals surface area contributed by atoms with Crippen molar-refractivity contribution in [2.24, 2.45) is 5.92 Å². The molecule has 0 spiro atoms. The van der Waals surface area contributed by atoms with E-state index >= 15 is 0 Å². The molecule has 0 bridgehead atoms. The van der Waals surface area contributed by atoms with Gasteiger partial charge in [0.05, 0.1) is 0 Å². The molecule has 1 aromatic rings. The van der Waals surface area contributed by atoms with E-state index in [2.05, 4.69) is 5.32 Å². The van der Waals surface area contributed by atoms with Crippen molar-refractivity contribution in [2.45, 2.75) is 25.3 Å². The molecule has 0 heterocycles. The number of nitrogens with one attached hydrogen (secondary N) is 1. The quantitative estimate of drug-likeness (QED) is 0.780. The molecule has 2 N–H and O–H groups in total. The first kappa shape index (κ1) is 14.2. The molecule has 106 valence electrons. The molecule has 0 saturated heterocycles. The van der Waals surface area contributed by atoms with E-state index in [-0.39, 0.29) is 12.2 Å². The lowest BCUT2D eigenvalue weighted by molar-refractivity contribution is -0.141. The summed E-state index contributed by atoms with van der Waals surface area (Å²) < 4.78 is 12.8. The Balaban J connectivity index is 1.94. The molecule has 1 aliphatic rings. The van der Waals surface area contributed by atoms with Crippen molar-refractivity contribution >= 4 is 11.9 Å². The average Bonchev–Trinajstić information content (AvgIpc) is 3.22. The van der Waals surface area contributed by atoms with Gasteiger partial charge in [0.25, 0.3) is 0 Å². The number of rotatable bonds is 6. The van der Waals surface area contributed by atoms with E-state index in [1.807, 2.05) is 0 Å². The summed E-state index contributed by atoms with van der Waals surface area (Å²) in [6, 6.07) is 4.54. The van der Waals surface area contributed by atoms with Gasteiger partial charge in [-0.25, -0.2) is 9.18 Å². The first-order valence-electron chi connectivity index (χ1n) is 6.50. The van der Waals surface area contributed by atoms with Crippen molar-refractivity contribution in [1.29, 1.82) is 0 Å². The Hall–Kier alpha value is -2.17. The Bertz CT molecular complexity index is 520. The van der Waals surface area contributed by atoms with Crippen LogP contribution in [0.3, 0.4) is 0 Å². The highest BCUT2D eigenvalue weighted by Crippen LogP contribution is 2.29. The Labute approximate surface area is 116 Å². The van der Waals surface area contributed by atoms with Gasteiger partial charge in [-0.3, -0.25) is 4.79 Å². The summed E-state index contributed by atoms with van der Waals surface area (Å²) >= 11 is 0. The third kappa shape index (κ3) is 4.50. The van der Waals surface area contributed by atoms with Crippen LogP contribution in [0.1, 0.15) is 18.4 Å². The summed E-state index contributed by atoms with van der Waals surface area (Å²) in [6.07, 6.45) is 5.48. The number of allylic oxidation sites excluding steroid dienone is 1. The Morgan fingerprint density at radius 2 is 2.00 bits per heavy atom. The van der Waals surface area contributed by atoms with Crippen LogP contribution in [0.25, 0.3) is 0 Å². The lowest BCUT2D eigenvalue weighted by Crippen LogP contribution is -2.41. The zero-order valence-electron chi connectivity index (χ0n) is 10.9. The molecule has 1 atom stereocenters. The van der Waals surface area contributed by atoms with E-state index in [0.717, 1.165) is 12.8 Å². The topological polar surface area (TPSA) is 66.4 Å². The van der Waals surface area contributed by atoms with Gasteiger partial charge in [-0.15, -0.1) is 0 Å². The highest BCUT2D eigenvalue weighted by molar-refractivity contribution is 5.91. The minimum atomic E-state index is -1.11. The van der Waals surface area contributed by atoms with Crippen molar-refractivity contribution in [3.8, 4) is 0 Å². The Morgan fingerprint density at radius 3 is 2.55 bits per heavy atom. The number of hydrogen-bond acceptors (Lipinski definition) is 2. The number of amides is 1. The van der Waals surface area contributed by atoms with Gasteiger partial charge in [0.15, 0.2) is 0 Å². The van der Waals surface area contributed by atoms with Gasteiger partial charge < -0.3 is 10.4 Å². The smallest absolute Gasteiger partial charge is 0.326 e. The summed E-state index contributed by atoms with van der Waals surface area (Å²) in [7, 11) is 0. The molecule has 1 aromatic carbocycles. The van der Waals surface area contributed by atoms with Crippen LogP contribution in [0.15, 0.2) is 36.4 Å². The van der Waals surface area contributed by atoms with Crippen LogP contribution in [0.2, 0.25) is 0 Å². The van der Waals surface area contributed by atoms with Gasteiger partial charge in [0.2, 0.25) is 5.91 Å². The Morgan fingerprint density at radius 1 is 1.35 bits per heavy atom. The maximum absolute atomic E-state index is 12.8. The van der Waals surface area contributed by atoms with Crippen molar-refractivity contribution < 1.29 is 19.1 Å². The molecule has 5 heteroatoms. The van der Waals surface area contributed by atoms with E-state index in [0.29, 0.717) is 11.5 Å². The van der Waals surface area contributed by atoms with Gasteiger partial charge in [-0.05, 0) is 42.5 Å². The first-order chi connectivity index (χ1) is 9.54. The zero-order chi connectivity index (χ0) is 14.5. The maximum Gasteiger partial charge on any atom is 0.326 e. The van der Waals surface area contributed by atoms with Gasteiger partial charge in [0, 0.05) is 6.42 Å². The minimum absolute atomic E-state index is 0.124. The molecule has 1 fully saturated rings. The molecule has 0 aromatic heterocycles. The minimum Gasteiger partial charge on any atom is -0.480 e. The summed E-state index contributed by atoms with van der Waals surface area (Å²) in [5, 5.41) is 11.6. The lowest BCUT2D eigenvalue weighted by atomic mass is 10.1. The maximum atomic E-state index is 12.8. The second kappa shape index (κ2) is 6.32. The molecule has 1 unspecified atom stereocenters. The SMILES string of the molecule is O=C(C=CC1CC1)NC(Cc1ccc(F)cc1)C(=O)O. The predicted octanol–water partition coefficient (Wildman–Crippen LogP) is 1.90. The fraction of sp³-hybridized carbons (Fsp3) is 0.333. The predicted molar refractivity (Wildman–Crippen MR) is 71.5 cm³/mol. The lowest BCUT2D eigenvalue weighted by Gasteiger charge is -2.13.